The summed E-state index contributed by atoms with van der Waals surface area (Å²) in [5.74, 6) is 0.0543. The summed E-state index contributed by atoms with van der Waals surface area (Å²) in [6, 6.07) is 13.5. The molecule has 0 saturated carbocycles. The van der Waals surface area contributed by atoms with Crippen LogP contribution in [0.1, 0.15) is 32.3 Å². The molecule has 7 heteroatoms. The van der Waals surface area contributed by atoms with Crippen molar-refractivity contribution in [1.29, 1.82) is 0 Å². The van der Waals surface area contributed by atoms with Crippen molar-refractivity contribution in [3.63, 3.8) is 0 Å². The third-order valence-electron chi connectivity index (χ3n) is 4.36. The number of nitrogens with one attached hydrogen (secondary N) is 1. The van der Waals surface area contributed by atoms with E-state index in [0.717, 1.165) is 12.0 Å². The summed E-state index contributed by atoms with van der Waals surface area (Å²) in [5.41, 5.74) is 0.882. The molecule has 0 heterocycles. The summed E-state index contributed by atoms with van der Waals surface area (Å²) < 4.78 is 5.61. The maximum Gasteiger partial charge on any atom is 0.261 e. The van der Waals surface area contributed by atoms with E-state index in [1.807, 2.05) is 26.0 Å². The van der Waals surface area contributed by atoms with E-state index in [1.165, 1.54) is 0 Å². The van der Waals surface area contributed by atoms with Gasteiger partial charge in [0, 0.05) is 23.1 Å². The van der Waals surface area contributed by atoms with E-state index in [0.29, 0.717) is 28.8 Å². The summed E-state index contributed by atoms with van der Waals surface area (Å²) in [6.07, 6.45) is 1.32. The minimum absolute atomic E-state index is 0.167. The minimum atomic E-state index is -0.590. The molecule has 0 aliphatic carbocycles. The zero-order valence-electron chi connectivity index (χ0n) is 16.7. The van der Waals surface area contributed by atoms with Gasteiger partial charge in [0.15, 0.2) is 6.61 Å². The first kappa shape index (κ1) is 23.0. The van der Waals surface area contributed by atoms with Gasteiger partial charge in [-0.2, -0.15) is 0 Å². The van der Waals surface area contributed by atoms with Crippen molar-refractivity contribution < 1.29 is 14.3 Å². The first-order valence-corrected chi connectivity index (χ1v) is 10.4. The Balaban J connectivity index is 2.17. The van der Waals surface area contributed by atoms with Crippen LogP contribution in [0.3, 0.4) is 0 Å². The summed E-state index contributed by atoms with van der Waals surface area (Å²) in [6.45, 7) is 4.53. The molecule has 1 unspecified atom stereocenters. The van der Waals surface area contributed by atoms with E-state index in [2.05, 4.69) is 5.32 Å². The van der Waals surface area contributed by atoms with E-state index < -0.39 is 6.04 Å². The van der Waals surface area contributed by atoms with Crippen molar-refractivity contribution in [3.8, 4) is 5.75 Å². The van der Waals surface area contributed by atoms with Crippen LogP contribution >= 0.6 is 23.2 Å². The molecule has 0 aromatic heterocycles. The highest BCUT2D eigenvalue weighted by Crippen LogP contribution is 2.19. The van der Waals surface area contributed by atoms with Gasteiger partial charge in [-0.15, -0.1) is 0 Å². The quantitative estimate of drug-likeness (QED) is 0.586. The predicted molar refractivity (Wildman–Crippen MR) is 116 cm³/mol. The van der Waals surface area contributed by atoms with Gasteiger partial charge in [0.1, 0.15) is 11.8 Å². The molecule has 29 heavy (non-hydrogen) atoms. The number of carbonyl (C=O) groups excluding carboxylic acids is 2. The Kier molecular flexibility index (Phi) is 9.29. The van der Waals surface area contributed by atoms with Crippen LogP contribution in [0.25, 0.3) is 0 Å². The van der Waals surface area contributed by atoms with Gasteiger partial charge in [-0.3, -0.25) is 9.59 Å². The molecule has 5 nitrogen and oxygen atoms in total. The van der Waals surface area contributed by atoms with Crippen LogP contribution in [0.15, 0.2) is 48.5 Å². The minimum Gasteiger partial charge on any atom is -0.484 e. The van der Waals surface area contributed by atoms with Crippen molar-refractivity contribution in [2.24, 2.45) is 0 Å². The van der Waals surface area contributed by atoms with Crippen LogP contribution in [0, 0.1) is 0 Å². The summed E-state index contributed by atoms with van der Waals surface area (Å²) in [7, 11) is 0. The third-order valence-corrected chi connectivity index (χ3v) is 4.85. The lowest BCUT2D eigenvalue weighted by Crippen LogP contribution is -2.50. The van der Waals surface area contributed by atoms with Gasteiger partial charge in [0.2, 0.25) is 5.91 Å². The van der Waals surface area contributed by atoms with Crippen molar-refractivity contribution in [1.82, 2.24) is 10.2 Å². The first-order chi connectivity index (χ1) is 13.9. The number of ether oxygens (including phenoxy) is 1. The molecular weight excluding hydrogens is 411 g/mol. The monoisotopic (exact) mass is 436 g/mol. The first-order valence-electron chi connectivity index (χ1n) is 9.64. The standard InChI is InChI=1S/C22H26Cl2N2O3/c1-3-12-25-22(28)20(4-2)26(14-16-8-10-17(23)11-9-16)21(27)15-29-19-7-5-6-18(24)13-19/h5-11,13,20H,3-4,12,14-15H2,1-2H3,(H,25,28). The number of halogens is 2. The summed E-state index contributed by atoms with van der Waals surface area (Å²) in [4.78, 5) is 27.2. The molecule has 0 bridgehead atoms. The molecule has 156 valence electrons. The highest BCUT2D eigenvalue weighted by Gasteiger charge is 2.28. The maximum absolute atomic E-state index is 13.0. The Hall–Kier alpha value is -2.24. The number of nitrogens with zero attached hydrogens (tertiary/aromatic N) is 1. The second kappa shape index (κ2) is 11.7. The van der Waals surface area contributed by atoms with E-state index in [9.17, 15) is 9.59 Å². The molecule has 0 spiro atoms. The normalized spacial score (nSPS) is 11.6. The highest BCUT2D eigenvalue weighted by molar-refractivity contribution is 6.30. The van der Waals surface area contributed by atoms with E-state index in [4.69, 9.17) is 27.9 Å². The van der Waals surface area contributed by atoms with E-state index in [1.54, 1.807) is 41.3 Å². The number of amides is 2. The van der Waals surface area contributed by atoms with E-state index in [-0.39, 0.29) is 25.0 Å². The van der Waals surface area contributed by atoms with Crippen LogP contribution in [0.4, 0.5) is 0 Å². The Labute approximate surface area is 181 Å². The highest BCUT2D eigenvalue weighted by atomic mass is 35.5. The smallest absolute Gasteiger partial charge is 0.261 e. The van der Waals surface area contributed by atoms with Crippen LogP contribution in [0.5, 0.6) is 5.75 Å². The lowest BCUT2D eigenvalue weighted by atomic mass is 10.1. The number of benzene rings is 2. The third kappa shape index (κ3) is 7.26. The number of hydrogen-bond donors (Lipinski definition) is 1. The number of carbonyl (C=O) groups is 2. The Morgan fingerprint density at radius 3 is 2.41 bits per heavy atom. The van der Waals surface area contributed by atoms with Gasteiger partial charge in [-0.25, -0.2) is 0 Å². The molecule has 0 fully saturated rings. The molecular formula is C22H26Cl2N2O3. The molecule has 1 N–H and O–H groups in total. The molecule has 2 amide bonds. The lowest BCUT2D eigenvalue weighted by Gasteiger charge is -2.30. The maximum atomic E-state index is 13.0. The molecule has 0 radical (unpaired) electrons. The second-order valence-corrected chi connectivity index (χ2v) is 7.48. The fourth-order valence-electron chi connectivity index (χ4n) is 2.86. The Morgan fingerprint density at radius 2 is 1.79 bits per heavy atom. The van der Waals surface area contributed by atoms with Crippen LogP contribution in [-0.2, 0) is 16.1 Å². The molecule has 2 aromatic carbocycles. The average Bonchev–Trinajstić information content (AvgIpc) is 2.71. The summed E-state index contributed by atoms with van der Waals surface area (Å²) >= 11 is 11.9. The van der Waals surface area contributed by atoms with Gasteiger partial charge in [0.05, 0.1) is 0 Å². The fourth-order valence-corrected chi connectivity index (χ4v) is 3.16. The topological polar surface area (TPSA) is 58.6 Å². The average molecular weight is 437 g/mol. The van der Waals surface area contributed by atoms with Gasteiger partial charge in [-0.1, -0.05) is 55.2 Å². The van der Waals surface area contributed by atoms with Crippen LogP contribution < -0.4 is 10.1 Å². The lowest BCUT2D eigenvalue weighted by molar-refractivity contribution is -0.143. The van der Waals surface area contributed by atoms with E-state index >= 15 is 0 Å². The zero-order valence-corrected chi connectivity index (χ0v) is 18.2. The molecule has 0 aliphatic rings. The largest absolute Gasteiger partial charge is 0.484 e. The fraction of sp³-hybridized carbons (Fsp3) is 0.364. The Bertz CT molecular complexity index is 812. The van der Waals surface area contributed by atoms with Gasteiger partial charge in [0.25, 0.3) is 5.91 Å². The zero-order chi connectivity index (χ0) is 21.2. The van der Waals surface area contributed by atoms with Crippen molar-refractivity contribution in [2.75, 3.05) is 13.2 Å². The molecule has 1 atom stereocenters. The molecule has 0 aliphatic heterocycles. The van der Waals surface area contributed by atoms with Crippen molar-refractivity contribution in [3.05, 3.63) is 64.1 Å². The second-order valence-electron chi connectivity index (χ2n) is 6.61. The predicted octanol–water partition coefficient (Wildman–Crippen LogP) is 4.71. The molecule has 2 rings (SSSR count). The number of hydrogen-bond acceptors (Lipinski definition) is 3. The van der Waals surface area contributed by atoms with Crippen LogP contribution in [-0.4, -0.2) is 35.9 Å². The number of rotatable bonds is 10. The Morgan fingerprint density at radius 1 is 1.07 bits per heavy atom. The van der Waals surface area contributed by atoms with Crippen LogP contribution in [0.2, 0.25) is 10.0 Å². The van der Waals surface area contributed by atoms with Crippen molar-refractivity contribution in [2.45, 2.75) is 39.3 Å². The van der Waals surface area contributed by atoms with Gasteiger partial charge >= 0.3 is 0 Å². The van der Waals surface area contributed by atoms with Gasteiger partial charge < -0.3 is 15.0 Å². The SMILES string of the molecule is CCCNC(=O)C(CC)N(Cc1ccc(Cl)cc1)C(=O)COc1cccc(Cl)c1. The summed E-state index contributed by atoms with van der Waals surface area (Å²) in [5, 5.41) is 4.02. The van der Waals surface area contributed by atoms with Crippen molar-refractivity contribution >= 4 is 35.0 Å². The molecule has 0 saturated heterocycles. The van der Waals surface area contributed by atoms with Gasteiger partial charge in [-0.05, 0) is 48.7 Å². The molecule has 2 aromatic rings.